The van der Waals surface area contributed by atoms with Crippen LogP contribution in [0.1, 0.15) is 23.6 Å². The fourth-order valence-electron chi connectivity index (χ4n) is 1.56. The van der Waals surface area contributed by atoms with E-state index in [-0.39, 0.29) is 6.04 Å². The molecule has 0 saturated carbocycles. The van der Waals surface area contributed by atoms with E-state index in [2.05, 4.69) is 18.2 Å². The van der Waals surface area contributed by atoms with E-state index < -0.39 is 0 Å². The van der Waals surface area contributed by atoms with E-state index in [0.717, 1.165) is 12.8 Å². The van der Waals surface area contributed by atoms with E-state index in [9.17, 15) is 0 Å². The van der Waals surface area contributed by atoms with Crippen LogP contribution in [0, 0.1) is 0 Å². The molecular weight excluding hydrogens is 122 g/mol. The first kappa shape index (κ1) is 5.93. The fourth-order valence-corrected chi connectivity index (χ4v) is 1.56. The van der Waals surface area contributed by atoms with Gasteiger partial charge in [0.05, 0.1) is 0 Å². The van der Waals surface area contributed by atoms with Crippen molar-refractivity contribution in [3.05, 3.63) is 35.4 Å². The normalized spacial score (nSPS) is 22.7. The molecule has 1 aromatic carbocycles. The lowest BCUT2D eigenvalue weighted by Gasteiger charge is -2.00. The highest BCUT2D eigenvalue weighted by Crippen LogP contribution is 2.29. The highest BCUT2D eigenvalue weighted by Gasteiger charge is 2.17. The van der Waals surface area contributed by atoms with Gasteiger partial charge in [-0.3, -0.25) is 0 Å². The first-order valence-corrected chi connectivity index (χ1v) is 3.67. The number of nitrogens with one attached hydrogen (secondary N) is 1. The Morgan fingerprint density at radius 1 is 1.30 bits per heavy atom. The maximum Gasteiger partial charge on any atom is 0.0468 e. The standard InChI is InChI=1S/C9H10N/c10-9-6-5-7-3-1-2-4-8(7)9/h1-4,9-10H,5-6H2/t9-/m1/s1. The van der Waals surface area contributed by atoms with Gasteiger partial charge < -0.3 is 0 Å². The zero-order chi connectivity index (χ0) is 6.97. The van der Waals surface area contributed by atoms with E-state index in [1.54, 1.807) is 0 Å². The van der Waals surface area contributed by atoms with Crippen molar-refractivity contribution in [1.29, 1.82) is 0 Å². The lowest BCUT2D eigenvalue weighted by atomic mass is 10.1. The second kappa shape index (κ2) is 2.10. The van der Waals surface area contributed by atoms with Crippen LogP contribution >= 0.6 is 0 Å². The summed E-state index contributed by atoms with van der Waals surface area (Å²) in [7, 11) is 0. The van der Waals surface area contributed by atoms with Crippen molar-refractivity contribution >= 4 is 0 Å². The SMILES string of the molecule is [NH][C@@H]1CCc2ccccc21. The molecule has 0 aromatic heterocycles. The molecule has 10 heavy (non-hydrogen) atoms. The maximum atomic E-state index is 7.61. The minimum atomic E-state index is 0.0520. The molecule has 1 N–H and O–H groups in total. The Bertz CT molecular complexity index is 242. The summed E-state index contributed by atoms with van der Waals surface area (Å²) in [5, 5.41) is 0. The van der Waals surface area contributed by atoms with Crippen molar-refractivity contribution in [1.82, 2.24) is 5.73 Å². The first-order valence-electron chi connectivity index (χ1n) is 3.67. The molecule has 0 spiro atoms. The molecule has 1 radical (unpaired) electrons. The van der Waals surface area contributed by atoms with Crippen LogP contribution in [0.15, 0.2) is 24.3 Å². The Morgan fingerprint density at radius 3 is 2.90 bits per heavy atom. The van der Waals surface area contributed by atoms with Crippen LogP contribution in [0.3, 0.4) is 0 Å². The summed E-state index contributed by atoms with van der Waals surface area (Å²) in [5.74, 6) is 0. The fraction of sp³-hybridized carbons (Fsp3) is 0.333. The summed E-state index contributed by atoms with van der Waals surface area (Å²) in [4.78, 5) is 0. The number of fused-ring (bicyclic) bond motifs is 1. The molecule has 1 aliphatic rings. The molecule has 0 fully saturated rings. The molecule has 0 heterocycles. The molecule has 1 heteroatoms. The van der Waals surface area contributed by atoms with E-state index in [1.807, 2.05) is 6.07 Å². The van der Waals surface area contributed by atoms with Crippen molar-refractivity contribution < 1.29 is 0 Å². The summed E-state index contributed by atoms with van der Waals surface area (Å²) in [5.41, 5.74) is 10.2. The zero-order valence-electron chi connectivity index (χ0n) is 5.80. The number of rotatable bonds is 0. The Balaban J connectivity index is 2.51. The molecule has 1 nitrogen and oxygen atoms in total. The van der Waals surface area contributed by atoms with E-state index in [0.29, 0.717) is 0 Å². The minimum absolute atomic E-state index is 0.0520. The Kier molecular flexibility index (Phi) is 1.24. The second-order valence-electron chi connectivity index (χ2n) is 2.79. The number of hydrogen-bond acceptors (Lipinski definition) is 0. The predicted octanol–water partition coefficient (Wildman–Crippen LogP) is 1.96. The van der Waals surface area contributed by atoms with Crippen molar-refractivity contribution in [3.63, 3.8) is 0 Å². The molecule has 1 aromatic rings. The molecule has 2 rings (SSSR count). The summed E-state index contributed by atoms with van der Waals surface area (Å²) < 4.78 is 0. The van der Waals surface area contributed by atoms with Gasteiger partial charge in [0.1, 0.15) is 0 Å². The lowest BCUT2D eigenvalue weighted by molar-refractivity contribution is 0.691. The second-order valence-corrected chi connectivity index (χ2v) is 2.79. The molecular formula is C9H10N. The van der Waals surface area contributed by atoms with Crippen molar-refractivity contribution in [2.75, 3.05) is 0 Å². The van der Waals surface area contributed by atoms with E-state index in [1.165, 1.54) is 11.1 Å². The van der Waals surface area contributed by atoms with Crippen LogP contribution in [0.2, 0.25) is 0 Å². The third kappa shape index (κ3) is 0.745. The highest BCUT2D eigenvalue weighted by atomic mass is 14.6. The molecule has 0 bridgehead atoms. The van der Waals surface area contributed by atoms with Crippen molar-refractivity contribution in [2.24, 2.45) is 0 Å². The third-order valence-corrected chi connectivity index (χ3v) is 2.13. The average Bonchev–Trinajstić information content (AvgIpc) is 2.34. The zero-order valence-corrected chi connectivity index (χ0v) is 5.80. The van der Waals surface area contributed by atoms with Gasteiger partial charge in [0.15, 0.2) is 0 Å². The van der Waals surface area contributed by atoms with Crippen LogP contribution in [-0.2, 0) is 6.42 Å². The van der Waals surface area contributed by atoms with Gasteiger partial charge in [-0.2, -0.15) is 0 Å². The van der Waals surface area contributed by atoms with Gasteiger partial charge in [0.2, 0.25) is 0 Å². The van der Waals surface area contributed by atoms with Crippen LogP contribution in [0.4, 0.5) is 0 Å². The number of benzene rings is 1. The average molecular weight is 132 g/mol. The van der Waals surface area contributed by atoms with Crippen LogP contribution < -0.4 is 5.73 Å². The van der Waals surface area contributed by atoms with Gasteiger partial charge in [-0.25, -0.2) is 5.73 Å². The van der Waals surface area contributed by atoms with E-state index >= 15 is 0 Å². The largest absolute Gasteiger partial charge is 0.250 e. The number of hydrogen-bond donors (Lipinski definition) is 0. The molecule has 0 saturated heterocycles. The smallest absolute Gasteiger partial charge is 0.0468 e. The summed E-state index contributed by atoms with van der Waals surface area (Å²) in [6.45, 7) is 0. The summed E-state index contributed by atoms with van der Waals surface area (Å²) >= 11 is 0. The molecule has 1 aliphatic carbocycles. The van der Waals surface area contributed by atoms with E-state index in [4.69, 9.17) is 5.73 Å². The van der Waals surface area contributed by atoms with Gasteiger partial charge in [0.25, 0.3) is 0 Å². The summed E-state index contributed by atoms with van der Waals surface area (Å²) in [6, 6.07) is 8.32. The van der Waals surface area contributed by atoms with Gasteiger partial charge in [-0.05, 0) is 24.0 Å². The minimum Gasteiger partial charge on any atom is -0.250 e. The summed E-state index contributed by atoms with van der Waals surface area (Å²) in [6.07, 6.45) is 2.11. The third-order valence-electron chi connectivity index (χ3n) is 2.13. The van der Waals surface area contributed by atoms with Crippen LogP contribution in [0.5, 0.6) is 0 Å². The van der Waals surface area contributed by atoms with Crippen molar-refractivity contribution in [2.45, 2.75) is 18.9 Å². The van der Waals surface area contributed by atoms with Gasteiger partial charge in [-0.1, -0.05) is 24.3 Å². The Labute approximate surface area is 60.9 Å². The molecule has 1 atom stereocenters. The maximum absolute atomic E-state index is 7.61. The topological polar surface area (TPSA) is 23.8 Å². The van der Waals surface area contributed by atoms with Gasteiger partial charge in [-0.15, -0.1) is 0 Å². The molecule has 51 valence electrons. The Hall–Kier alpha value is -0.820. The van der Waals surface area contributed by atoms with Gasteiger partial charge >= 0.3 is 0 Å². The molecule has 0 amide bonds. The highest BCUT2D eigenvalue weighted by molar-refractivity contribution is 5.33. The Morgan fingerprint density at radius 2 is 2.10 bits per heavy atom. The van der Waals surface area contributed by atoms with Crippen LogP contribution in [0.25, 0.3) is 0 Å². The lowest BCUT2D eigenvalue weighted by Crippen LogP contribution is -1.91. The molecule has 0 unspecified atom stereocenters. The molecule has 0 aliphatic heterocycles. The predicted molar refractivity (Wildman–Crippen MR) is 40.6 cm³/mol. The first-order chi connectivity index (χ1) is 4.88. The quantitative estimate of drug-likeness (QED) is 0.515. The number of aryl methyl sites for hydroxylation is 1. The van der Waals surface area contributed by atoms with Crippen molar-refractivity contribution in [3.8, 4) is 0 Å². The van der Waals surface area contributed by atoms with Gasteiger partial charge in [0, 0.05) is 6.04 Å². The monoisotopic (exact) mass is 132 g/mol. The van der Waals surface area contributed by atoms with Crippen LogP contribution in [-0.4, -0.2) is 0 Å².